The predicted octanol–water partition coefficient (Wildman–Crippen LogP) is 4.00. The zero-order chi connectivity index (χ0) is 24.8. The molecule has 1 aliphatic rings. The van der Waals surface area contributed by atoms with E-state index in [9.17, 15) is 18.8 Å². The Morgan fingerprint density at radius 2 is 1.57 bits per heavy atom. The maximum absolute atomic E-state index is 13.2. The number of para-hydroxylation sites is 1. The number of amides is 1. The molecule has 0 unspecified atom stereocenters. The highest BCUT2D eigenvalue weighted by Gasteiger charge is 2.29. The number of aryl methyl sites for hydroxylation is 1. The Morgan fingerprint density at radius 1 is 0.971 bits per heavy atom. The fourth-order valence-corrected chi connectivity index (χ4v) is 4.10. The van der Waals surface area contributed by atoms with Crippen molar-refractivity contribution >= 4 is 28.5 Å². The fourth-order valence-electron chi connectivity index (χ4n) is 4.10. The molecular weight excluding hydrogens is 451 g/mol. The Hall–Kier alpha value is -3.72. The topological polar surface area (TPSA) is 107 Å². The first-order chi connectivity index (χ1) is 16.4. The molecule has 9 heteroatoms. The Morgan fingerprint density at radius 3 is 2.17 bits per heavy atom. The number of carbonyl (C=O) groups excluding carboxylic acids is 2. The predicted molar refractivity (Wildman–Crippen MR) is 136 cm³/mol. The van der Waals surface area contributed by atoms with Gasteiger partial charge in [-0.15, -0.1) is 0 Å². The van der Waals surface area contributed by atoms with Crippen LogP contribution in [0.4, 0.5) is 10.1 Å². The number of pyridine rings is 1. The van der Waals surface area contributed by atoms with Gasteiger partial charge in [-0.25, -0.2) is 9.18 Å². The number of benzene rings is 2. The third-order valence-corrected chi connectivity index (χ3v) is 5.73. The molecule has 0 atom stereocenters. The average Bonchev–Trinajstić information content (AvgIpc) is 2.87. The second kappa shape index (κ2) is 12.1. The Bertz CT molecular complexity index is 1230. The van der Waals surface area contributed by atoms with Gasteiger partial charge in [-0.2, -0.15) is 0 Å². The van der Waals surface area contributed by atoms with Crippen LogP contribution in [0.5, 0.6) is 0 Å². The molecule has 8 nitrogen and oxygen atoms in total. The molecule has 4 rings (SSSR count). The van der Waals surface area contributed by atoms with Crippen LogP contribution < -0.4 is 16.6 Å². The summed E-state index contributed by atoms with van der Waals surface area (Å²) in [7, 11) is 1.64. The number of carbonyl (C=O) groups is 2. The van der Waals surface area contributed by atoms with Gasteiger partial charge in [0.25, 0.3) is 11.5 Å². The second-order valence-electron chi connectivity index (χ2n) is 7.61. The van der Waals surface area contributed by atoms with Crippen molar-refractivity contribution in [3.8, 4) is 0 Å². The van der Waals surface area contributed by atoms with E-state index in [1.54, 1.807) is 18.9 Å². The van der Waals surface area contributed by atoms with Crippen LogP contribution in [0.15, 0.2) is 53.3 Å². The van der Waals surface area contributed by atoms with Crippen molar-refractivity contribution in [2.75, 3.05) is 37.7 Å². The molecule has 188 valence electrons. The number of anilines is 1. The van der Waals surface area contributed by atoms with E-state index in [2.05, 4.69) is 0 Å². The third kappa shape index (κ3) is 5.51. The van der Waals surface area contributed by atoms with Crippen LogP contribution >= 0.6 is 0 Å². The van der Waals surface area contributed by atoms with Gasteiger partial charge >= 0.3 is 5.97 Å². The van der Waals surface area contributed by atoms with Gasteiger partial charge in [0.15, 0.2) is 0 Å². The second-order valence-corrected chi connectivity index (χ2v) is 7.61. The summed E-state index contributed by atoms with van der Waals surface area (Å²) >= 11 is 0. The van der Waals surface area contributed by atoms with E-state index in [-0.39, 0.29) is 24.2 Å². The molecule has 1 aromatic heterocycles. The molecule has 0 aliphatic carbocycles. The van der Waals surface area contributed by atoms with Gasteiger partial charge in [0.2, 0.25) is 0 Å². The van der Waals surface area contributed by atoms with E-state index in [4.69, 9.17) is 4.74 Å². The fraction of sp³-hybridized carbons (Fsp3) is 0.346. The highest BCUT2D eigenvalue weighted by atomic mass is 19.1. The van der Waals surface area contributed by atoms with Crippen LogP contribution in [0.1, 0.15) is 41.5 Å². The van der Waals surface area contributed by atoms with E-state index in [0.717, 1.165) is 5.39 Å². The molecule has 3 aromatic rings. The maximum Gasteiger partial charge on any atom is 0.345 e. The number of hydrogen-bond donors (Lipinski definition) is 1. The van der Waals surface area contributed by atoms with Crippen LogP contribution in [0, 0.1) is 5.82 Å². The van der Waals surface area contributed by atoms with E-state index >= 15 is 0 Å². The Balaban J connectivity index is 0.00000140. The van der Waals surface area contributed by atoms with Gasteiger partial charge in [0.1, 0.15) is 11.4 Å². The highest BCUT2D eigenvalue weighted by molar-refractivity contribution is 6.05. The summed E-state index contributed by atoms with van der Waals surface area (Å²) in [6.07, 6.45) is 0. The molecule has 1 saturated heterocycles. The quantitative estimate of drug-likeness (QED) is 0.561. The van der Waals surface area contributed by atoms with Crippen molar-refractivity contribution in [3.05, 3.63) is 75.8 Å². The van der Waals surface area contributed by atoms with Crippen LogP contribution in [0.25, 0.3) is 10.9 Å². The zero-order valence-corrected chi connectivity index (χ0v) is 20.7. The van der Waals surface area contributed by atoms with Gasteiger partial charge in [-0.1, -0.05) is 32.0 Å². The van der Waals surface area contributed by atoms with Crippen molar-refractivity contribution in [2.45, 2.75) is 20.8 Å². The van der Waals surface area contributed by atoms with E-state index < -0.39 is 17.3 Å². The molecule has 2 heterocycles. The SMILES string of the molecule is CC.CCOC(=O)c1c(N2CCN(C(=O)c3ccc(F)cc3)CC2)c2ccccc2n(C)c1=O.N. The summed E-state index contributed by atoms with van der Waals surface area (Å²) < 4.78 is 19.8. The summed E-state index contributed by atoms with van der Waals surface area (Å²) in [6.45, 7) is 7.55. The van der Waals surface area contributed by atoms with Crippen LogP contribution in [0.3, 0.4) is 0 Å². The number of piperazine rings is 1. The molecule has 0 spiro atoms. The number of hydrogen-bond acceptors (Lipinski definition) is 6. The number of esters is 1. The van der Waals surface area contributed by atoms with Gasteiger partial charge < -0.3 is 25.3 Å². The molecule has 1 amide bonds. The summed E-state index contributed by atoms with van der Waals surface area (Å²) in [4.78, 5) is 42.3. The van der Waals surface area contributed by atoms with Crippen molar-refractivity contribution in [2.24, 2.45) is 7.05 Å². The molecule has 2 aromatic carbocycles. The number of rotatable bonds is 4. The first-order valence-electron chi connectivity index (χ1n) is 11.5. The lowest BCUT2D eigenvalue weighted by Gasteiger charge is -2.37. The lowest BCUT2D eigenvalue weighted by molar-refractivity contribution is 0.0523. The van der Waals surface area contributed by atoms with E-state index in [1.807, 2.05) is 43.0 Å². The minimum absolute atomic E-state index is 0. The summed E-state index contributed by atoms with van der Waals surface area (Å²) in [5.74, 6) is -1.22. The largest absolute Gasteiger partial charge is 0.462 e. The standard InChI is InChI=1S/C24H24FN3O4.C2H6.H3N/c1-3-32-24(31)20-21(18-6-4-5-7-19(18)26(2)23(20)30)27-12-14-28(15-13-27)22(29)16-8-10-17(25)11-9-16;1-2;/h4-11H,3,12-15H2,1-2H3;1-2H3;1H3. The molecule has 0 radical (unpaired) electrons. The molecule has 1 aliphatic heterocycles. The lowest BCUT2D eigenvalue weighted by Crippen LogP contribution is -2.49. The number of halogens is 1. The Kier molecular flexibility index (Phi) is 9.53. The van der Waals surface area contributed by atoms with Crippen LogP contribution in [0.2, 0.25) is 0 Å². The normalized spacial score (nSPS) is 12.9. The van der Waals surface area contributed by atoms with E-state index in [1.165, 1.54) is 28.8 Å². The average molecular weight is 485 g/mol. The minimum Gasteiger partial charge on any atom is -0.462 e. The monoisotopic (exact) mass is 484 g/mol. The smallest absolute Gasteiger partial charge is 0.345 e. The van der Waals surface area contributed by atoms with Gasteiger partial charge in [-0.3, -0.25) is 9.59 Å². The van der Waals surface area contributed by atoms with Crippen LogP contribution in [-0.4, -0.2) is 54.1 Å². The molecule has 1 fully saturated rings. The lowest BCUT2D eigenvalue weighted by atomic mass is 10.1. The highest BCUT2D eigenvalue weighted by Crippen LogP contribution is 2.30. The van der Waals surface area contributed by atoms with Crippen molar-refractivity contribution < 1.29 is 18.7 Å². The molecule has 35 heavy (non-hydrogen) atoms. The number of ether oxygens (including phenoxy) is 1. The molecule has 0 saturated carbocycles. The maximum atomic E-state index is 13.2. The van der Waals surface area contributed by atoms with Crippen molar-refractivity contribution in [1.82, 2.24) is 15.6 Å². The molecule has 0 bridgehead atoms. The molecular formula is C26H33FN4O4. The van der Waals surface area contributed by atoms with Gasteiger partial charge in [-0.05, 0) is 37.3 Å². The van der Waals surface area contributed by atoms with Crippen molar-refractivity contribution in [3.63, 3.8) is 0 Å². The Labute approximate surface area is 204 Å². The van der Waals surface area contributed by atoms with Crippen LogP contribution in [-0.2, 0) is 11.8 Å². The summed E-state index contributed by atoms with van der Waals surface area (Å²) in [5, 5.41) is 0.774. The van der Waals surface area contributed by atoms with Gasteiger partial charge in [0, 0.05) is 44.2 Å². The van der Waals surface area contributed by atoms with Gasteiger partial charge in [0.05, 0.1) is 17.8 Å². The zero-order valence-electron chi connectivity index (χ0n) is 20.7. The minimum atomic E-state index is -0.654. The number of aromatic nitrogens is 1. The third-order valence-electron chi connectivity index (χ3n) is 5.73. The number of fused-ring (bicyclic) bond motifs is 1. The number of nitrogens with zero attached hydrogens (tertiary/aromatic N) is 3. The first kappa shape index (κ1) is 27.5. The molecule has 3 N–H and O–H groups in total. The first-order valence-corrected chi connectivity index (χ1v) is 11.5. The van der Waals surface area contributed by atoms with E-state index in [0.29, 0.717) is 42.9 Å². The van der Waals surface area contributed by atoms with Crippen molar-refractivity contribution in [1.29, 1.82) is 0 Å². The summed E-state index contributed by atoms with van der Waals surface area (Å²) in [5.41, 5.74) is 1.26. The summed E-state index contributed by atoms with van der Waals surface area (Å²) in [6, 6.07) is 12.9.